The third kappa shape index (κ3) is 2.92. The minimum absolute atomic E-state index is 0.0363. The first kappa shape index (κ1) is 11.4. The Balaban J connectivity index is 2.74. The van der Waals surface area contributed by atoms with Crippen LogP contribution < -0.4 is 11.2 Å². The van der Waals surface area contributed by atoms with Crippen LogP contribution in [-0.2, 0) is 11.0 Å². The number of imidazole rings is 1. The van der Waals surface area contributed by atoms with E-state index in [9.17, 15) is 4.57 Å². The van der Waals surface area contributed by atoms with Crippen LogP contribution >= 0.6 is 7.60 Å². The van der Waals surface area contributed by atoms with Gasteiger partial charge in [-0.05, 0) is 6.42 Å². The number of aromatic nitrogens is 2. The number of nitrogens with two attached hydrogens (primary N) is 1. The van der Waals surface area contributed by atoms with Gasteiger partial charge in [-0.3, -0.25) is 4.57 Å². The smallest absolute Gasteiger partial charge is 0.336 e. The molecular formula is C7H14N3O3P. The Morgan fingerprint density at radius 3 is 2.79 bits per heavy atom. The molecular weight excluding hydrogens is 205 g/mol. The lowest BCUT2D eigenvalue weighted by Crippen LogP contribution is -2.22. The van der Waals surface area contributed by atoms with Gasteiger partial charge in [-0.25, -0.2) is 4.98 Å². The van der Waals surface area contributed by atoms with E-state index < -0.39 is 7.60 Å². The maximum absolute atomic E-state index is 10.8. The molecule has 0 fully saturated rings. The molecule has 0 radical (unpaired) electrons. The van der Waals surface area contributed by atoms with Crippen LogP contribution in [0.15, 0.2) is 6.20 Å². The summed E-state index contributed by atoms with van der Waals surface area (Å²) in [5.74, 6) is 0.512. The van der Waals surface area contributed by atoms with E-state index in [0.717, 1.165) is 12.6 Å². The summed E-state index contributed by atoms with van der Waals surface area (Å²) in [6, 6.07) is -0.0363. The van der Waals surface area contributed by atoms with Gasteiger partial charge >= 0.3 is 7.60 Å². The van der Waals surface area contributed by atoms with Gasteiger partial charge in [-0.2, -0.15) is 0 Å². The second kappa shape index (κ2) is 4.23. The largest absolute Gasteiger partial charge is 0.373 e. The Morgan fingerprint density at radius 1 is 1.71 bits per heavy atom. The third-order valence-electron chi connectivity index (χ3n) is 1.91. The zero-order valence-electron chi connectivity index (χ0n) is 7.84. The number of hydrogen-bond acceptors (Lipinski definition) is 3. The number of nitrogens with zero attached hydrogens (tertiary/aromatic N) is 1. The SMILES string of the molecule is CC[C@@H](N)Cc1ncc(P(=O)(O)O)[nH]1. The summed E-state index contributed by atoms with van der Waals surface area (Å²) in [4.78, 5) is 24.0. The fraction of sp³-hybridized carbons (Fsp3) is 0.571. The highest BCUT2D eigenvalue weighted by Crippen LogP contribution is 2.31. The third-order valence-corrected chi connectivity index (χ3v) is 2.76. The van der Waals surface area contributed by atoms with E-state index in [4.69, 9.17) is 15.5 Å². The summed E-state index contributed by atoms with van der Waals surface area (Å²) in [7, 11) is -4.21. The fourth-order valence-electron chi connectivity index (χ4n) is 0.996. The number of nitrogens with one attached hydrogen (secondary N) is 1. The van der Waals surface area contributed by atoms with Crippen molar-refractivity contribution in [3.05, 3.63) is 12.0 Å². The Bertz CT molecular complexity index is 346. The molecule has 0 bridgehead atoms. The Morgan fingerprint density at radius 2 is 2.36 bits per heavy atom. The standard InChI is InChI=1S/C7H14N3O3P/c1-2-5(8)3-6-9-4-7(10-6)14(11,12)13/h4-5H,2-3,8H2,1H3,(H,9,10)(H2,11,12,13)/t5-/m1/s1. The first-order valence-corrected chi connectivity index (χ1v) is 5.90. The summed E-state index contributed by atoms with van der Waals surface area (Å²) in [6.07, 6.45) is 2.45. The van der Waals surface area contributed by atoms with E-state index in [0.29, 0.717) is 12.2 Å². The first-order chi connectivity index (χ1) is 6.43. The molecule has 80 valence electrons. The van der Waals surface area contributed by atoms with E-state index >= 15 is 0 Å². The van der Waals surface area contributed by atoms with Gasteiger partial charge in [0.05, 0.1) is 6.20 Å². The van der Waals surface area contributed by atoms with Crippen molar-refractivity contribution in [2.24, 2.45) is 5.73 Å². The molecule has 1 rings (SSSR count). The van der Waals surface area contributed by atoms with Crippen molar-refractivity contribution in [1.82, 2.24) is 9.97 Å². The molecule has 0 aromatic carbocycles. The molecule has 0 aliphatic rings. The van der Waals surface area contributed by atoms with Crippen molar-refractivity contribution in [3.8, 4) is 0 Å². The highest BCUT2D eigenvalue weighted by Gasteiger charge is 2.20. The highest BCUT2D eigenvalue weighted by atomic mass is 31.2. The summed E-state index contributed by atoms with van der Waals surface area (Å²) < 4.78 is 10.8. The molecule has 1 heterocycles. The summed E-state index contributed by atoms with van der Waals surface area (Å²) >= 11 is 0. The van der Waals surface area contributed by atoms with Crippen molar-refractivity contribution in [2.75, 3.05) is 0 Å². The molecule has 1 aromatic heterocycles. The Kier molecular flexibility index (Phi) is 3.44. The van der Waals surface area contributed by atoms with Gasteiger partial charge in [0, 0.05) is 12.5 Å². The molecule has 0 saturated carbocycles. The van der Waals surface area contributed by atoms with Crippen molar-refractivity contribution < 1.29 is 14.4 Å². The van der Waals surface area contributed by atoms with E-state index in [-0.39, 0.29) is 11.5 Å². The van der Waals surface area contributed by atoms with Gasteiger partial charge in [-0.15, -0.1) is 0 Å². The lowest BCUT2D eigenvalue weighted by molar-refractivity contribution is 0.386. The van der Waals surface area contributed by atoms with Crippen LogP contribution in [-0.4, -0.2) is 25.8 Å². The molecule has 0 spiro atoms. The van der Waals surface area contributed by atoms with E-state index in [1.54, 1.807) is 0 Å². The normalized spacial score (nSPS) is 14.3. The van der Waals surface area contributed by atoms with Crippen LogP contribution in [0.2, 0.25) is 0 Å². The second-order valence-electron chi connectivity index (χ2n) is 3.13. The van der Waals surface area contributed by atoms with E-state index in [1.807, 2.05) is 6.92 Å². The zero-order valence-corrected chi connectivity index (χ0v) is 8.74. The monoisotopic (exact) mass is 219 g/mol. The van der Waals surface area contributed by atoms with Gasteiger partial charge in [-0.1, -0.05) is 6.92 Å². The average molecular weight is 219 g/mol. The van der Waals surface area contributed by atoms with Gasteiger partial charge in [0.25, 0.3) is 0 Å². The summed E-state index contributed by atoms with van der Waals surface area (Å²) in [5.41, 5.74) is 5.51. The Labute approximate surface area is 81.7 Å². The van der Waals surface area contributed by atoms with Crippen molar-refractivity contribution in [3.63, 3.8) is 0 Å². The van der Waals surface area contributed by atoms with Crippen LogP contribution in [0, 0.1) is 0 Å². The molecule has 7 heteroatoms. The molecule has 0 amide bonds. The van der Waals surface area contributed by atoms with Crippen LogP contribution in [0.3, 0.4) is 0 Å². The highest BCUT2D eigenvalue weighted by molar-refractivity contribution is 7.60. The molecule has 0 aliphatic carbocycles. The van der Waals surface area contributed by atoms with Gasteiger partial charge in [0.2, 0.25) is 0 Å². The van der Waals surface area contributed by atoms with Gasteiger partial charge in [0.15, 0.2) is 0 Å². The van der Waals surface area contributed by atoms with Gasteiger partial charge < -0.3 is 20.5 Å². The summed E-state index contributed by atoms with van der Waals surface area (Å²) in [6.45, 7) is 1.94. The minimum atomic E-state index is -4.21. The lowest BCUT2D eigenvalue weighted by Gasteiger charge is -2.05. The lowest BCUT2D eigenvalue weighted by atomic mass is 10.2. The predicted octanol–water partition coefficient (Wildman–Crippen LogP) is -0.508. The maximum Gasteiger partial charge on any atom is 0.373 e. The van der Waals surface area contributed by atoms with Crippen LogP contribution in [0.25, 0.3) is 0 Å². The first-order valence-electron chi connectivity index (χ1n) is 4.29. The maximum atomic E-state index is 10.8. The number of aromatic amines is 1. The molecule has 0 aliphatic heterocycles. The van der Waals surface area contributed by atoms with Crippen molar-refractivity contribution >= 4 is 13.0 Å². The molecule has 5 N–H and O–H groups in total. The van der Waals surface area contributed by atoms with Crippen LogP contribution in [0.4, 0.5) is 0 Å². The molecule has 6 nitrogen and oxygen atoms in total. The van der Waals surface area contributed by atoms with Crippen LogP contribution in [0.1, 0.15) is 19.2 Å². The van der Waals surface area contributed by atoms with Crippen molar-refractivity contribution in [1.29, 1.82) is 0 Å². The molecule has 0 saturated heterocycles. The van der Waals surface area contributed by atoms with E-state index in [1.165, 1.54) is 0 Å². The number of H-pyrrole nitrogens is 1. The number of hydrogen-bond donors (Lipinski definition) is 4. The van der Waals surface area contributed by atoms with E-state index in [2.05, 4.69) is 9.97 Å². The molecule has 0 unspecified atom stereocenters. The van der Waals surface area contributed by atoms with Gasteiger partial charge in [0.1, 0.15) is 11.3 Å². The quantitative estimate of drug-likeness (QED) is 0.509. The molecule has 1 aromatic rings. The Hall–Kier alpha value is -0.680. The summed E-state index contributed by atoms with van der Waals surface area (Å²) in [5, 5.41) is 0. The van der Waals surface area contributed by atoms with Crippen LogP contribution in [0.5, 0.6) is 0 Å². The topological polar surface area (TPSA) is 112 Å². The van der Waals surface area contributed by atoms with Crippen molar-refractivity contribution in [2.45, 2.75) is 25.8 Å². The number of rotatable bonds is 4. The predicted molar refractivity (Wildman–Crippen MR) is 52.2 cm³/mol. The molecule has 14 heavy (non-hydrogen) atoms. The molecule has 1 atom stereocenters. The minimum Gasteiger partial charge on any atom is -0.336 e. The average Bonchev–Trinajstić information content (AvgIpc) is 2.51. The zero-order chi connectivity index (χ0) is 10.8. The second-order valence-corrected chi connectivity index (χ2v) is 4.70. The fourth-order valence-corrected chi connectivity index (χ4v) is 1.48.